The predicted octanol–water partition coefficient (Wildman–Crippen LogP) is 4.14. The molecule has 0 spiro atoms. The van der Waals surface area contributed by atoms with Crippen molar-refractivity contribution < 1.29 is 14.3 Å². The molecule has 2 aromatic carbocycles. The number of anilines is 1. The summed E-state index contributed by atoms with van der Waals surface area (Å²) < 4.78 is 5.61. The molecule has 1 fully saturated rings. The van der Waals surface area contributed by atoms with E-state index in [0.29, 0.717) is 18.7 Å². The molecule has 0 bridgehead atoms. The molecule has 0 radical (unpaired) electrons. The highest BCUT2D eigenvalue weighted by atomic mass is 16.5. The molecule has 5 heteroatoms. The second kappa shape index (κ2) is 9.21. The zero-order chi connectivity index (χ0) is 19.1. The number of unbranched alkanes of at least 4 members (excludes halogenated alkanes) is 1. The fourth-order valence-corrected chi connectivity index (χ4v) is 2.67. The van der Waals surface area contributed by atoms with Crippen molar-refractivity contribution in [3.63, 3.8) is 0 Å². The van der Waals surface area contributed by atoms with Gasteiger partial charge in [-0.1, -0.05) is 25.5 Å². The van der Waals surface area contributed by atoms with Gasteiger partial charge in [-0.05, 0) is 61.2 Å². The van der Waals surface area contributed by atoms with Crippen molar-refractivity contribution >= 4 is 17.5 Å². The molecule has 1 saturated carbocycles. The van der Waals surface area contributed by atoms with Gasteiger partial charge in [0.25, 0.3) is 5.91 Å². The number of rotatable bonds is 9. The molecule has 0 aliphatic heterocycles. The average molecular weight is 366 g/mol. The van der Waals surface area contributed by atoms with Crippen molar-refractivity contribution in [2.75, 3.05) is 11.9 Å². The Kier molecular flexibility index (Phi) is 6.47. The first-order chi connectivity index (χ1) is 13.2. The summed E-state index contributed by atoms with van der Waals surface area (Å²) in [6.45, 7) is 3.21. The van der Waals surface area contributed by atoms with Gasteiger partial charge in [-0.3, -0.25) is 9.59 Å². The zero-order valence-corrected chi connectivity index (χ0v) is 15.7. The van der Waals surface area contributed by atoms with Crippen molar-refractivity contribution in [2.24, 2.45) is 5.92 Å². The van der Waals surface area contributed by atoms with Gasteiger partial charge in [0.05, 0.1) is 6.61 Å². The van der Waals surface area contributed by atoms with Gasteiger partial charge in [-0.25, -0.2) is 0 Å². The molecule has 0 saturated heterocycles. The first kappa shape index (κ1) is 19.0. The summed E-state index contributed by atoms with van der Waals surface area (Å²) in [6, 6.07) is 14.7. The van der Waals surface area contributed by atoms with E-state index in [2.05, 4.69) is 17.6 Å². The summed E-state index contributed by atoms with van der Waals surface area (Å²) in [7, 11) is 0. The maximum atomic E-state index is 12.3. The molecule has 2 aromatic rings. The number of carbonyl (C=O) groups excluding carboxylic acids is 2. The Morgan fingerprint density at radius 3 is 2.59 bits per heavy atom. The van der Waals surface area contributed by atoms with E-state index in [0.717, 1.165) is 42.7 Å². The Balaban J connectivity index is 1.50. The number of carbonyl (C=O) groups is 2. The SMILES string of the molecule is CCCCOc1ccc(C(=O)NCc2cccc(NC(=O)C3CC3)c2)cc1. The van der Waals surface area contributed by atoms with E-state index in [9.17, 15) is 9.59 Å². The standard InChI is InChI=1S/C22H26N2O3/c1-2-3-13-27-20-11-9-17(10-12-20)21(25)23-15-16-5-4-6-19(14-16)24-22(26)18-7-8-18/h4-6,9-12,14,18H,2-3,7-8,13,15H2,1H3,(H,23,25)(H,24,26). The number of hydrogen-bond acceptors (Lipinski definition) is 3. The van der Waals surface area contributed by atoms with Gasteiger partial charge < -0.3 is 15.4 Å². The molecular formula is C22H26N2O3. The van der Waals surface area contributed by atoms with Crippen LogP contribution in [0.5, 0.6) is 5.75 Å². The quantitative estimate of drug-likeness (QED) is 0.655. The average Bonchev–Trinajstić information content (AvgIpc) is 3.53. The molecular weight excluding hydrogens is 340 g/mol. The van der Waals surface area contributed by atoms with Crippen molar-refractivity contribution in [2.45, 2.75) is 39.2 Å². The number of amides is 2. The second-order valence-electron chi connectivity index (χ2n) is 6.87. The Bertz CT molecular complexity index is 782. The van der Waals surface area contributed by atoms with Crippen LogP contribution in [-0.2, 0) is 11.3 Å². The monoisotopic (exact) mass is 366 g/mol. The highest BCUT2D eigenvalue weighted by Gasteiger charge is 2.29. The van der Waals surface area contributed by atoms with Crippen LogP contribution in [0.25, 0.3) is 0 Å². The van der Waals surface area contributed by atoms with Gasteiger partial charge in [0, 0.05) is 23.7 Å². The minimum atomic E-state index is -0.137. The van der Waals surface area contributed by atoms with Crippen LogP contribution in [0, 0.1) is 5.92 Å². The third-order valence-corrected chi connectivity index (χ3v) is 4.48. The minimum Gasteiger partial charge on any atom is -0.494 e. The summed E-state index contributed by atoms with van der Waals surface area (Å²) >= 11 is 0. The lowest BCUT2D eigenvalue weighted by atomic mass is 10.1. The van der Waals surface area contributed by atoms with Crippen LogP contribution in [0.3, 0.4) is 0 Å². The Labute approximate surface area is 160 Å². The molecule has 2 amide bonds. The smallest absolute Gasteiger partial charge is 0.251 e. The van der Waals surface area contributed by atoms with Gasteiger partial charge in [0.2, 0.25) is 5.91 Å². The van der Waals surface area contributed by atoms with Crippen LogP contribution in [0.1, 0.15) is 48.5 Å². The van der Waals surface area contributed by atoms with Crippen LogP contribution >= 0.6 is 0 Å². The summed E-state index contributed by atoms with van der Waals surface area (Å²) in [4.78, 5) is 24.2. The Morgan fingerprint density at radius 1 is 1.11 bits per heavy atom. The minimum absolute atomic E-state index is 0.0810. The van der Waals surface area contributed by atoms with Crippen LogP contribution in [0.2, 0.25) is 0 Å². The third kappa shape index (κ3) is 5.84. The molecule has 27 heavy (non-hydrogen) atoms. The highest BCUT2D eigenvalue weighted by molar-refractivity contribution is 5.95. The largest absolute Gasteiger partial charge is 0.494 e. The van der Waals surface area contributed by atoms with E-state index in [-0.39, 0.29) is 17.7 Å². The van der Waals surface area contributed by atoms with E-state index in [1.165, 1.54) is 0 Å². The highest BCUT2D eigenvalue weighted by Crippen LogP contribution is 2.30. The topological polar surface area (TPSA) is 67.4 Å². The van der Waals surface area contributed by atoms with Gasteiger partial charge in [-0.15, -0.1) is 0 Å². The lowest BCUT2D eigenvalue weighted by Crippen LogP contribution is -2.22. The van der Waals surface area contributed by atoms with Crippen molar-refractivity contribution in [1.29, 1.82) is 0 Å². The molecule has 0 aromatic heterocycles. The van der Waals surface area contributed by atoms with Crippen LogP contribution < -0.4 is 15.4 Å². The van der Waals surface area contributed by atoms with Crippen LogP contribution in [0.4, 0.5) is 5.69 Å². The van der Waals surface area contributed by atoms with Crippen molar-refractivity contribution in [3.8, 4) is 5.75 Å². The van der Waals surface area contributed by atoms with Gasteiger partial charge in [-0.2, -0.15) is 0 Å². The fourth-order valence-electron chi connectivity index (χ4n) is 2.67. The molecule has 1 aliphatic carbocycles. The lowest BCUT2D eigenvalue weighted by molar-refractivity contribution is -0.117. The summed E-state index contributed by atoms with van der Waals surface area (Å²) in [6.07, 6.45) is 4.06. The fraction of sp³-hybridized carbons (Fsp3) is 0.364. The van der Waals surface area contributed by atoms with E-state index >= 15 is 0 Å². The second-order valence-corrected chi connectivity index (χ2v) is 6.87. The molecule has 1 aliphatic rings. The van der Waals surface area contributed by atoms with Crippen LogP contribution in [0.15, 0.2) is 48.5 Å². The number of ether oxygens (including phenoxy) is 1. The molecule has 142 valence electrons. The lowest BCUT2D eigenvalue weighted by Gasteiger charge is -2.09. The predicted molar refractivity (Wildman–Crippen MR) is 106 cm³/mol. The Hall–Kier alpha value is -2.82. The summed E-state index contributed by atoms with van der Waals surface area (Å²) in [5.41, 5.74) is 2.31. The van der Waals surface area contributed by atoms with Crippen LogP contribution in [-0.4, -0.2) is 18.4 Å². The van der Waals surface area contributed by atoms with E-state index in [4.69, 9.17) is 4.74 Å². The maximum Gasteiger partial charge on any atom is 0.251 e. The van der Waals surface area contributed by atoms with Gasteiger partial charge in [0.15, 0.2) is 0 Å². The van der Waals surface area contributed by atoms with Crippen molar-refractivity contribution in [3.05, 3.63) is 59.7 Å². The van der Waals surface area contributed by atoms with E-state index in [1.807, 2.05) is 36.4 Å². The summed E-state index contributed by atoms with van der Waals surface area (Å²) in [5, 5.41) is 5.84. The molecule has 5 nitrogen and oxygen atoms in total. The molecule has 3 rings (SSSR count). The normalized spacial score (nSPS) is 13.1. The van der Waals surface area contributed by atoms with E-state index < -0.39 is 0 Å². The summed E-state index contributed by atoms with van der Waals surface area (Å²) in [5.74, 6) is 0.890. The molecule has 2 N–H and O–H groups in total. The zero-order valence-electron chi connectivity index (χ0n) is 15.7. The van der Waals surface area contributed by atoms with E-state index in [1.54, 1.807) is 12.1 Å². The number of benzene rings is 2. The Morgan fingerprint density at radius 2 is 1.89 bits per heavy atom. The molecule has 0 unspecified atom stereocenters. The number of nitrogens with one attached hydrogen (secondary N) is 2. The van der Waals surface area contributed by atoms with Gasteiger partial charge in [0.1, 0.15) is 5.75 Å². The van der Waals surface area contributed by atoms with Gasteiger partial charge >= 0.3 is 0 Å². The molecule has 0 heterocycles. The molecule has 0 atom stereocenters. The maximum absolute atomic E-state index is 12.3. The third-order valence-electron chi connectivity index (χ3n) is 4.48. The van der Waals surface area contributed by atoms with Crippen molar-refractivity contribution in [1.82, 2.24) is 5.32 Å². The first-order valence-electron chi connectivity index (χ1n) is 9.56. The number of hydrogen-bond donors (Lipinski definition) is 2. The first-order valence-corrected chi connectivity index (χ1v) is 9.56.